The summed E-state index contributed by atoms with van der Waals surface area (Å²) in [5, 5.41) is 9.22. The molecule has 90 valence electrons. The highest BCUT2D eigenvalue weighted by molar-refractivity contribution is 5.86. The van der Waals surface area contributed by atoms with Crippen LogP contribution in [0.1, 0.15) is 5.82 Å². The second kappa shape index (κ2) is 4.54. The van der Waals surface area contributed by atoms with E-state index in [2.05, 4.69) is 15.2 Å². The standard InChI is InChI=1S/C13H13N5/c14-6-5-13-15-7-8-18(13)12-9-16-17-11-4-2-1-3-10(11)12/h1-4,7-9H,5-6,14H2. The Balaban J connectivity index is 2.22. The van der Waals surface area contributed by atoms with Gasteiger partial charge in [-0.15, -0.1) is 0 Å². The van der Waals surface area contributed by atoms with E-state index in [0.29, 0.717) is 6.54 Å². The molecule has 0 amide bonds. The highest BCUT2D eigenvalue weighted by Crippen LogP contribution is 2.20. The summed E-state index contributed by atoms with van der Waals surface area (Å²) < 4.78 is 2.02. The molecule has 1 aromatic carbocycles. The first-order valence-corrected chi connectivity index (χ1v) is 5.83. The largest absolute Gasteiger partial charge is 0.330 e. The maximum atomic E-state index is 5.60. The molecule has 18 heavy (non-hydrogen) atoms. The molecular formula is C13H13N5. The van der Waals surface area contributed by atoms with Crippen LogP contribution in [0.5, 0.6) is 0 Å². The highest BCUT2D eigenvalue weighted by Gasteiger charge is 2.08. The van der Waals surface area contributed by atoms with Crippen LogP contribution in [0.2, 0.25) is 0 Å². The number of benzene rings is 1. The number of imidazole rings is 1. The average molecular weight is 239 g/mol. The summed E-state index contributed by atoms with van der Waals surface area (Å²) in [7, 11) is 0. The van der Waals surface area contributed by atoms with Crippen LogP contribution in [0.3, 0.4) is 0 Å². The Morgan fingerprint density at radius 2 is 2.11 bits per heavy atom. The van der Waals surface area contributed by atoms with E-state index >= 15 is 0 Å². The number of hydrogen-bond acceptors (Lipinski definition) is 4. The quantitative estimate of drug-likeness (QED) is 0.748. The molecule has 0 bridgehead atoms. The third-order valence-electron chi connectivity index (χ3n) is 2.87. The molecule has 0 fully saturated rings. The van der Waals surface area contributed by atoms with Gasteiger partial charge < -0.3 is 10.3 Å². The van der Waals surface area contributed by atoms with E-state index in [1.54, 1.807) is 12.4 Å². The Morgan fingerprint density at radius 1 is 1.22 bits per heavy atom. The number of fused-ring (bicyclic) bond motifs is 1. The first-order chi connectivity index (χ1) is 8.90. The Morgan fingerprint density at radius 3 is 3.00 bits per heavy atom. The molecule has 2 N–H and O–H groups in total. The van der Waals surface area contributed by atoms with Crippen molar-refractivity contribution >= 4 is 10.9 Å². The van der Waals surface area contributed by atoms with Gasteiger partial charge in [-0.3, -0.25) is 0 Å². The molecule has 0 radical (unpaired) electrons. The van der Waals surface area contributed by atoms with Gasteiger partial charge in [-0.2, -0.15) is 10.2 Å². The van der Waals surface area contributed by atoms with Crippen LogP contribution in [0.4, 0.5) is 0 Å². The maximum absolute atomic E-state index is 5.60. The summed E-state index contributed by atoms with van der Waals surface area (Å²) >= 11 is 0. The number of hydrogen-bond donors (Lipinski definition) is 1. The number of nitrogens with two attached hydrogens (primary N) is 1. The molecular weight excluding hydrogens is 226 g/mol. The van der Waals surface area contributed by atoms with Crippen LogP contribution in [0.25, 0.3) is 16.6 Å². The Bertz CT molecular complexity index is 668. The topological polar surface area (TPSA) is 69.6 Å². The van der Waals surface area contributed by atoms with Crippen LogP contribution in [-0.4, -0.2) is 26.3 Å². The SMILES string of the molecule is NCCc1nccn1-c1cnnc2ccccc12. The summed E-state index contributed by atoms with van der Waals surface area (Å²) in [5.41, 5.74) is 7.46. The minimum absolute atomic E-state index is 0.577. The number of rotatable bonds is 3. The van der Waals surface area contributed by atoms with Gasteiger partial charge >= 0.3 is 0 Å². The molecule has 5 nitrogen and oxygen atoms in total. The fourth-order valence-electron chi connectivity index (χ4n) is 2.05. The molecule has 0 aliphatic rings. The summed E-state index contributed by atoms with van der Waals surface area (Å²) in [6, 6.07) is 7.93. The second-order valence-electron chi connectivity index (χ2n) is 4.00. The Kier molecular flexibility index (Phi) is 2.74. The van der Waals surface area contributed by atoms with Crippen molar-refractivity contribution in [3.05, 3.63) is 48.7 Å². The molecule has 0 spiro atoms. The molecule has 2 aromatic heterocycles. The van der Waals surface area contributed by atoms with Crippen LogP contribution >= 0.6 is 0 Å². The van der Waals surface area contributed by atoms with E-state index < -0.39 is 0 Å². The highest BCUT2D eigenvalue weighted by atomic mass is 15.1. The first-order valence-electron chi connectivity index (χ1n) is 5.83. The molecule has 0 saturated heterocycles. The zero-order valence-corrected chi connectivity index (χ0v) is 9.82. The van der Waals surface area contributed by atoms with E-state index in [1.165, 1.54) is 0 Å². The van der Waals surface area contributed by atoms with Crippen LogP contribution in [-0.2, 0) is 6.42 Å². The monoisotopic (exact) mass is 239 g/mol. The summed E-state index contributed by atoms with van der Waals surface area (Å²) in [5.74, 6) is 0.940. The summed E-state index contributed by atoms with van der Waals surface area (Å²) in [6.07, 6.45) is 6.20. The van der Waals surface area contributed by atoms with Crippen molar-refractivity contribution < 1.29 is 0 Å². The lowest BCUT2D eigenvalue weighted by molar-refractivity contribution is 0.835. The fourth-order valence-corrected chi connectivity index (χ4v) is 2.05. The molecule has 0 unspecified atom stereocenters. The van der Waals surface area contributed by atoms with Crippen molar-refractivity contribution in [3.63, 3.8) is 0 Å². The average Bonchev–Trinajstić information content (AvgIpc) is 2.87. The number of nitrogens with zero attached hydrogens (tertiary/aromatic N) is 4. The van der Waals surface area contributed by atoms with Gasteiger partial charge in [0.1, 0.15) is 5.82 Å². The van der Waals surface area contributed by atoms with Crippen molar-refractivity contribution in [2.24, 2.45) is 5.73 Å². The minimum atomic E-state index is 0.577. The van der Waals surface area contributed by atoms with Crippen molar-refractivity contribution in [2.75, 3.05) is 6.54 Å². The zero-order valence-electron chi connectivity index (χ0n) is 9.82. The van der Waals surface area contributed by atoms with Crippen molar-refractivity contribution in [3.8, 4) is 5.69 Å². The third-order valence-corrected chi connectivity index (χ3v) is 2.87. The maximum Gasteiger partial charge on any atom is 0.114 e. The van der Waals surface area contributed by atoms with E-state index in [0.717, 1.165) is 28.8 Å². The Hall–Kier alpha value is -2.27. The summed E-state index contributed by atoms with van der Waals surface area (Å²) in [4.78, 5) is 4.32. The first kappa shape index (κ1) is 10.9. The van der Waals surface area contributed by atoms with Gasteiger partial charge in [0.05, 0.1) is 17.4 Å². The molecule has 0 saturated carbocycles. The Labute approximate surface area is 104 Å². The van der Waals surface area contributed by atoms with E-state index in [9.17, 15) is 0 Å². The minimum Gasteiger partial charge on any atom is -0.330 e. The van der Waals surface area contributed by atoms with Crippen molar-refractivity contribution in [1.82, 2.24) is 19.7 Å². The molecule has 0 atom stereocenters. The van der Waals surface area contributed by atoms with E-state index in [1.807, 2.05) is 35.0 Å². The van der Waals surface area contributed by atoms with Gasteiger partial charge in [0.2, 0.25) is 0 Å². The lowest BCUT2D eigenvalue weighted by Gasteiger charge is -2.09. The van der Waals surface area contributed by atoms with Crippen molar-refractivity contribution in [1.29, 1.82) is 0 Å². The predicted molar refractivity (Wildman–Crippen MR) is 69.4 cm³/mol. The number of aromatic nitrogens is 4. The van der Waals surface area contributed by atoms with Gasteiger partial charge in [0.25, 0.3) is 0 Å². The lowest BCUT2D eigenvalue weighted by Crippen LogP contribution is -2.09. The fraction of sp³-hybridized carbons (Fsp3) is 0.154. The van der Waals surface area contributed by atoms with E-state index in [-0.39, 0.29) is 0 Å². The molecule has 0 aliphatic heterocycles. The predicted octanol–water partition coefficient (Wildman–Crippen LogP) is 1.32. The third kappa shape index (κ3) is 1.74. The van der Waals surface area contributed by atoms with Crippen molar-refractivity contribution in [2.45, 2.75) is 6.42 Å². The van der Waals surface area contributed by atoms with Gasteiger partial charge in [-0.05, 0) is 12.6 Å². The molecule has 0 aliphatic carbocycles. The zero-order chi connectivity index (χ0) is 12.4. The van der Waals surface area contributed by atoms with Crippen LogP contribution in [0, 0.1) is 0 Å². The summed E-state index contributed by atoms with van der Waals surface area (Å²) in [6.45, 7) is 0.577. The van der Waals surface area contributed by atoms with E-state index in [4.69, 9.17) is 5.73 Å². The molecule has 5 heteroatoms. The van der Waals surface area contributed by atoms with Crippen LogP contribution in [0.15, 0.2) is 42.9 Å². The van der Waals surface area contributed by atoms with Gasteiger partial charge in [0, 0.05) is 24.2 Å². The second-order valence-corrected chi connectivity index (χ2v) is 4.00. The molecule has 3 aromatic rings. The molecule has 2 heterocycles. The smallest absolute Gasteiger partial charge is 0.114 e. The molecule has 3 rings (SSSR count). The normalized spacial score (nSPS) is 10.9. The van der Waals surface area contributed by atoms with Crippen LogP contribution < -0.4 is 5.73 Å². The van der Waals surface area contributed by atoms with Gasteiger partial charge in [-0.25, -0.2) is 4.98 Å². The van der Waals surface area contributed by atoms with Gasteiger partial charge in [0.15, 0.2) is 0 Å². The lowest BCUT2D eigenvalue weighted by atomic mass is 10.2. The van der Waals surface area contributed by atoms with Gasteiger partial charge in [-0.1, -0.05) is 18.2 Å².